The summed E-state index contributed by atoms with van der Waals surface area (Å²) < 4.78 is 41.0. The van der Waals surface area contributed by atoms with Crippen molar-refractivity contribution in [1.29, 1.82) is 0 Å². The minimum Gasteiger partial charge on any atom is -0.466 e. The fraction of sp³-hybridized carbons (Fsp3) is 0.240. The minimum absolute atomic E-state index is 0.00966. The standard InChI is InChI=1S/C25H23ClN4O4S/c26-19-7-1-4-10-22(19)35(31,32)30-24-25(29-21-9-3-2-8-20(21)28-24)34-23(17-11-14-33-15-12-17)18-6-5-13-27-16-18/h1-10,13,16-17,23H,11-12,14-15H2,(H,28,30). The molecule has 0 spiro atoms. The second-order valence-corrected chi connectivity index (χ2v) is 10.2. The third-order valence-electron chi connectivity index (χ3n) is 5.84. The van der Waals surface area contributed by atoms with Crippen molar-refractivity contribution in [1.82, 2.24) is 15.0 Å². The van der Waals surface area contributed by atoms with Gasteiger partial charge in [0.05, 0.1) is 16.1 Å². The molecule has 5 rings (SSSR count). The summed E-state index contributed by atoms with van der Waals surface area (Å²) in [4.78, 5) is 13.4. The van der Waals surface area contributed by atoms with E-state index in [1.807, 2.05) is 24.3 Å². The Kier molecular flexibility index (Phi) is 6.81. The Hall–Kier alpha value is -3.27. The molecule has 10 heteroatoms. The van der Waals surface area contributed by atoms with Crippen molar-refractivity contribution >= 4 is 38.5 Å². The lowest BCUT2D eigenvalue weighted by atomic mass is 9.90. The molecule has 1 aliphatic heterocycles. The van der Waals surface area contributed by atoms with E-state index in [4.69, 9.17) is 21.1 Å². The van der Waals surface area contributed by atoms with Crippen molar-refractivity contribution in [3.05, 3.63) is 83.6 Å². The number of sulfonamides is 1. The summed E-state index contributed by atoms with van der Waals surface area (Å²) in [5.74, 6) is 0.207. The monoisotopic (exact) mass is 510 g/mol. The summed E-state index contributed by atoms with van der Waals surface area (Å²) in [6, 6.07) is 17.2. The number of ether oxygens (including phenoxy) is 2. The van der Waals surface area contributed by atoms with Crippen LogP contribution in [0.5, 0.6) is 5.88 Å². The zero-order chi connectivity index (χ0) is 24.3. The van der Waals surface area contributed by atoms with E-state index in [0.29, 0.717) is 24.2 Å². The maximum atomic E-state index is 13.2. The summed E-state index contributed by atoms with van der Waals surface area (Å²) in [7, 11) is -4.06. The van der Waals surface area contributed by atoms with Gasteiger partial charge in [-0.2, -0.15) is 0 Å². The van der Waals surface area contributed by atoms with E-state index in [2.05, 4.69) is 19.7 Å². The molecule has 1 N–H and O–H groups in total. The molecule has 0 saturated carbocycles. The topological polar surface area (TPSA) is 103 Å². The first-order valence-corrected chi connectivity index (χ1v) is 13.1. The summed E-state index contributed by atoms with van der Waals surface area (Å²) in [5.41, 5.74) is 1.98. The normalized spacial score (nSPS) is 15.6. The molecule has 1 saturated heterocycles. The number of hydrogen-bond donors (Lipinski definition) is 1. The van der Waals surface area contributed by atoms with Crippen molar-refractivity contribution in [2.45, 2.75) is 23.8 Å². The first-order valence-electron chi connectivity index (χ1n) is 11.2. The van der Waals surface area contributed by atoms with Crippen LogP contribution in [0, 0.1) is 5.92 Å². The Morgan fingerprint density at radius 2 is 1.69 bits per heavy atom. The number of para-hydroxylation sites is 2. The molecular formula is C25H23ClN4O4S. The van der Waals surface area contributed by atoms with Crippen LogP contribution in [0.25, 0.3) is 11.0 Å². The number of rotatable bonds is 7. The molecule has 2 aromatic heterocycles. The van der Waals surface area contributed by atoms with Crippen molar-refractivity contribution in [2.24, 2.45) is 5.92 Å². The SMILES string of the molecule is O=S(=O)(Nc1nc2ccccc2nc1OC(c1cccnc1)C1CCOCC1)c1ccccc1Cl. The largest absolute Gasteiger partial charge is 0.466 e. The average Bonchev–Trinajstić information content (AvgIpc) is 2.88. The smallest absolute Gasteiger partial charge is 0.264 e. The number of anilines is 1. The van der Waals surface area contributed by atoms with E-state index in [0.717, 1.165) is 18.4 Å². The summed E-state index contributed by atoms with van der Waals surface area (Å²) in [5, 5.41) is 0.103. The van der Waals surface area contributed by atoms with Crippen molar-refractivity contribution < 1.29 is 17.9 Å². The molecule has 8 nitrogen and oxygen atoms in total. The lowest BCUT2D eigenvalue weighted by molar-refractivity contribution is 0.0158. The maximum Gasteiger partial charge on any atom is 0.264 e. The van der Waals surface area contributed by atoms with Gasteiger partial charge in [-0.05, 0) is 43.2 Å². The first-order chi connectivity index (χ1) is 17.0. The van der Waals surface area contributed by atoms with Gasteiger partial charge < -0.3 is 9.47 Å². The number of benzene rings is 2. The minimum atomic E-state index is -4.06. The predicted octanol–water partition coefficient (Wildman–Crippen LogP) is 5.03. The summed E-state index contributed by atoms with van der Waals surface area (Å²) in [6.45, 7) is 1.25. The van der Waals surface area contributed by atoms with Crippen molar-refractivity contribution in [2.75, 3.05) is 17.9 Å². The van der Waals surface area contributed by atoms with Crippen LogP contribution < -0.4 is 9.46 Å². The van der Waals surface area contributed by atoms with Gasteiger partial charge in [0.15, 0.2) is 0 Å². The number of halogens is 1. The van der Waals surface area contributed by atoms with Gasteiger partial charge >= 0.3 is 0 Å². The second-order valence-electron chi connectivity index (χ2n) is 8.18. The highest BCUT2D eigenvalue weighted by molar-refractivity contribution is 7.92. The summed E-state index contributed by atoms with van der Waals surface area (Å²) in [6.07, 6.45) is 4.63. The van der Waals surface area contributed by atoms with Crippen LogP contribution in [0.4, 0.5) is 5.82 Å². The lowest BCUT2D eigenvalue weighted by Crippen LogP contribution is -2.26. The lowest BCUT2D eigenvalue weighted by Gasteiger charge is -2.31. The van der Waals surface area contributed by atoms with E-state index in [-0.39, 0.29) is 27.5 Å². The fourth-order valence-corrected chi connectivity index (χ4v) is 5.62. The summed E-state index contributed by atoms with van der Waals surface area (Å²) >= 11 is 6.17. The molecule has 0 bridgehead atoms. The molecule has 35 heavy (non-hydrogen) atoms. The number of nitrogens with one attached hydrogen (secondary N) is 1. The van der Waals surface area contributed by atoms with E-state index in [9.17, 15) is 8.42 Å². The van der Waals surface area contributed by atoms with E-state index < -0.39 is 16.1 Å². The average molecular weight is 511 g/mol. The van der Waals surface area contributed by atoms with Gasteiger partial charge in [-0.15, -0.1) is 0 Å². The molecule has 1 unspecified atom stereocenters. The first kappa shape index (κ1) is 23.5. The molecule has 180 valence electrons. The number of pyridine rings is 1. The molecule has 1 fully saturated rings. The number of nitrogens with zero attached hydrogens (tertiary/aromatic N) is 3. The van der Waals surface area contributed by atoms with Gasteiger partial charge in [-0.25, -0.2) is 18.4 Å². The van der Waals surface area contributed by atoms with Gasteiger partial charge in [0.1, 0.15) is 11.0 Å². The van der Waals surface area contributed by atoms with Crippen LogP contribution in [0.15, 0.2) is 78.0 Å². The Bertz CT molecular complexity index is 1430. The van der Waals surface area contributed by atoms with Gasteiger partial charge in [-0.1, -0.05) is 41.9 Å². The van der Waals surface area contributed by atoms with Crippen molar-refractivity contribution in [3.8, 4) is 5.88 Å². The second kappa shape index (κ2) is 10.2. The predicted molar refractivity (Wildman–Crippen MR) is 133 cm³/mol. The number of fused-ring (bicyclic) bond motifs is 1. The van der Waals surface area contributed by atoms with Crippen LogP contribution in [0.3, 0.4) is 0 Å². The van der Waals surface area contributed by atoms with Crippen LogP contribution in [0.2, 0.25) is 5.02 Å². The third kappa shape index (κ3) is 5.22. The van der Waals surface area contributed by atoms with E-state index in [1.54, 1.807) is 36.7 Å². The highest BCUT2D eigenvalue weighted by Gasteiger charge is 2.30. The number of aromatic nitrogens is 3. The molecule has 0 radical (unpaired) electrons. The molecule has 1 aliphatic rings. The van der Waals surface area contributed by atoms with Gasteiger partial charge in [-0.3, -0.25) is 9.71 Å². The van der Waals surface area contributed by atoms with Gasteiger partial charge in [0.25, 0.3) is 15.9 Å². The molecule has 4 aromatic rings. The van der Waals surface area contributed by atoms with E-state index >= 15 is 0 Å². The van der Waals surface area contributed by atoms with Crippen LogP contribution >= 0.6 is 11.6 Å². The molecular weight excluding hydrogens is 488 g/mol. The zero-order valence-corrected chi connectivity index (χ0v) is 20.2. The van der Waals surface area contributed by atoms with Crippen molar-refractivity contribution in [3.63, 3.8) is 0 Å². The van der Waals surface area contributed by atoms with Gasteiger partial charge in [0, 0.05) is 37.1 Å². The molecule has 0 aliphatic carbocycles. The quantitative estimate of drug-likeness (QED) is 0.372. The van der Waals surface area contributed by atoms with Crippen LogP contribution in [-0.4, -0.2) is 36.6 Å². The maximum absolute atomic E-state index is 13.2. The third-order valence-corrected chi connectivity index (χ3v) is 7.68. The molecule has 1 atom stereocenters. The number of hydrogen-bond acceptors (Lipinski definition) is 7. The zero-order valence-electron chi connectivity index (χ0n) is 18.7. The molecule has 2 aromatic carbocycles. The van der Waals surface area contributed by atoms with E-state index in [1.165, 1.54) is 12.1 Å². The molecule has 3 heterocycles. The van der Waals surface area contributed by atoms with Crippen LogP contribution in [0.1, 0.15) is 24.5 Å². The highest BCUT2D eigenvalue weighted by Crippen LogP contribution is 2.37. The molecule has 0 amide bonds. The van der Waals surface area contributed by atoms with Crippen LogP contribution in [-0.2, 0) is 14.8 Å². The Morgan fingerprint density at radius 1 is 0.971 bits per heavy atom. The Balaban J connectivity index is 1.58. The highest BCUT2D eigenvalue weighted by atomic mass is 35.5. The Morgan fingerprint density at radius 3 is 2.40 bits per heavy atom. The fourth-order valence-electron chi connectivity index (χ4n) is 4.10. The van der Waals surface area contributed by atoms with Gasteiger partial charge in [0.2, 0.25) is 5.82 Å². The Labute approximate surface area is 208 Å².